The topological polar surface area (TPSA) is 85.8 Å². The van der Waals surface area contributed by atoms with Gasteiger partial charge in [0, 0.05) is 19.6 Å². The molecule has 27 heavy (non-hydrogen) atoms. The molecule has 2 saturated heterocycles. The van der Waals surface area contributed by atoms with Crippen LogP contribution in [0, 0.1) is 11.7 Å². The molecule has 0 aliphatic carbocycles. The molecular weight excluding hydrogens is 349 g/mol. The van der Waals surface area contributed by atoms with E-state index in [4.69, 9.17) is 0 Å². The average molecular weight is 375 g/mol. The standard InChI is InChI=1S/C19H26FN5O2/c1-3-21-17(22-12-13-4-6-15(20)7-5-13)25-10-8-14(9-11-25)19(2)16(26)23-18(27)24-19/h4-7,14H,3,8-12H2,1-2H3,(H,21,22)(H2,23,24,26,27). The molecule has 3 N–H and O–H groups in total. The minimum Gasteiger partial charge on any atom is -0.357 e. The second-order valence-corrected chi connectivity index (χ2v) is 7.17. The Hall–Kier alpha value is -2.64. The number of halogens is 1. The lowest BCUT2D eigenvalue weighted by molar-refractivity contribution is -0.125. The first-order valence-electron chi connectivity index (χ1n) is 9.33. The molecule has 8 heteroatoms. The Balaban J connectivity index is 1.63. The second-order valence-electron chi connectivity index (χ2n) is 7.17. The molecule has 0 aromatic heterocycles. The molecule has 0 bridgehead atoms. The van der Waals surface area contributed by atoms with Crippen LogP contribution in [0.15, 0.2) is 29.3 Å². The normalized spacial score (nSPS) is 24.0. The number of amides is 3. The third kappa shape index (κ3) is 4.20. The molecule has 1 unspecified atom stereocenters. The number of benzene rings is 1. The van der Waals surface area contributed by atoms with Crippen molar-refractivity contribution in [2.75, 3.05) is 19.6 Å². The highest BCUT2D eigenvalue weighted by Crippen LogP contribution is 2.30. The lowest BCUT2D eigenvalue weighted by Crippen LogP contribution is -2.55. The number of carbonyl (C=O) groups is 2. The van der Waals surface area contributed by atoms with Gasteiger partial charge in [0.25, 0.3) is 5.91 Å². The highest BCUT2D eigenvalue weighted by Gasteiger charge is 2.48. The van der Waals surface area contributed by atoms with Crippen LogP contribution in [0.25, 0.3) is 0 Å². The van der Waals surface area contributed by atoms with Crippen LogP contribution in [0.5, 0.6) is 0 Å². The van der Waals surface area contributed by atoms with Crippen LogP contribution in [0.4, 0.5) is 9.18 Å². The largest absolute Gasteiger partial charge is 0.357 e. The third-order valence-electron chi connectivity index (χ3n) is 5.34. The molecule has 0 radical (unpaired) electrons. The molecule has 1 aromatic rings. The predicted molar refractivity (Wildman–Crippen MR) is 101 cm³/mol. The molecule has 146 valence electrons. The number of guanidine groups is 1. The first kappa shape index (κ1) is 19.1. The Morgan fingerprint density at radius 1 is 1.30 bits per heavy atom. The summed E-state index contributed by atoms with van der Waals surface area (Å²) in [4.78, 5) is 30.5. The van der Waals surface area contributed by atoms with E-state index >= 15 is 0 Å². The minimum absolute atomic E-state index is 0.0835. The molecule has 1 aromatic carbocycles. The quantitative estimate of drug-likeness (QED) is 0.424. The maximum absolute atomic E-state index is 13.0. The molecule has 2 aliphatic rings. The number of imide groups is 1. The molecular formula is C19H26FN5O2. The molecule has 7 nitrogen and oxygen atoms in total. The van der Waals surface area contributed by atoms with E-state index < -0.39 is 11.6 Å². The molecule has 0 spiro atoms. The summed E-state index contributed by atoms with van der Waals surface area (Å²) in [7, 11) is 0. The van der Waals surface area contributed by atoms with Crippen molar-refractivity contribution in [3.8, 4) is 0 Å². The van der Waals surface area contributed by atoms with E-state index in [2.05, 4.69) is 25.8 Å². The van der Waals surface area contributed by atoms with Crippen LogP contribution >= 0.6 is 0 Å². The second kappa shape index (κ2) is 7.94. The lowest BCUT2D eigenvalue weighted by atomic mass is 9.79. The van der Waals surface area contributed by atoms with Crippen molar-refractivity contribution < 1.29 is 14.0 Å². The van der Waals surface area contributed by atoms with E-state index in [0.717, 1.165) is 44.0 Å². The molecule has 1 atom stereocenters. The Morgan fingerprint density at radius 3 is 2.52 bits per heavy atom. The number of nitrogens with zero attached hydrogens (tertiary/aromatic N) is 2. The zero-order valence-corrected chi connectivity index (χ0v) is 15.7. The Bertz CT molecular complexity index is 728. The summed E-state index contributed by atoms with van der Waals surface area (Å²) in [5.41, 5.74) is 0.104. The first-order chi connectivity index (χ1) is 12.9. The van der Waals surface area contributed by atoms with Gasteiger partial charge in [-0.25, -0.2) is 14.2 Å². The number of hydrogen-bond donors (Lipinski definition) is 3. The lowest BCUT2D eigenvalue weighted by Gasteiger charge is -2.39. The van der Waals surface area contributed by atoms with E-state index in [1.54, 1.807) is 19.1 Å². The van der Waals surface area contributed by atoms with Gasteiger partial charge < -0.3 is 15.5 Å². The van der Waals surface area contributed by atoms with Gasteiger partial charge in [0.05, 0.1) is 6.54 Å². The summed E-state index contributed by atoms with van der Waals surface area (Å²) in [6.45, 7) is 6.52. The summed E-state index contributed by atoms with van der Waals surface area (Å²) >= 11 is 0. The highest BCUT2D eigenvalue weighted by atomic mass is 19.1. The van der Waals surface area contributed by atoms with Crippen molar-refractivity contribution >= 4 is 17.9 Å². The number of likely N-dealkylation sites (tertiary alicyclic amines) is 1. The number of urea groups is 1. The van der Waals surface area contributed by atoms with Gasteiger partial charge in [-0.1, -0.05) is 12.1 Å². The van der Waals surface area contributed by atoms with Crippen LogP contribution in [-0.4, -0.2) is 48.0 Å². The van der Waals surface area contributed by atoms with Crippen molar-refractivity contribution in [2.24, 2.45) is 10.9 Å². The highest BCUT2D eigenvalue weighted by molar-refractivity contribution is 6.07. The van der Waals surface area contributed by atoms with Crippen LogP contribution in [-0.2, 0) is 11.3 Å². The van der Waals surface area contributed by atoms with Crippen LogP contribution in [0.1, 0.15) is 32.3 Å². The summed E-state index contributed by atoms with van der Waals surface area (Å²) < 4.78 is 13.0. The van der Waals surface area contributed by atoms with E-state index in [9.17, 15) is 14.0 Å². The summed E-state index contributed by atoms with van der Waals surface area (Å²) in [6.07, 6.45) is 1.57. The number of rotatable bonds is 4. The molecule has 3 rings (SSSR count). The van der Waals surface area contributed by atoms with Gasteiger partial charge in [-0.2, -0.15) is 0 Å². The summed E-state index contributed by atoms with van der Waals surface area (Å²) in [6, 6.07) is 5.92. The van der Waals surface area contributed by atoms with Gasteiger partial charge in [0.2, 0.25) is 0 Å². The zero-order valence-electron chi connectivity index (χ0n) is 15.7. The fraction of sp³-hybridized carbons (Fsp3) is 0.526. The molecule has 3 amide bonds. The third-order valence-corrected chi connectivity index (χ3v) is 5.34. The Kier molecular flexibility index (Phi) is 5.62. The van der Waals surface area contributed by atoms with Gasteiger partial charge >= 0.3 is 6.03 Å². The van der Waals surface area contributed by atoms with Crippen molar-refractivity contribution in [3.05, 3.63) is 35.6 Å². The smallest absolute Gasteiger partial charge is 0.322 e. The van der Waals surface area contributed by atoms with Crippen LogP contribution in [0.2, 0.25) is 0 Å². The van der Waals surface area contributed by atoms with Crippen molar-refractivity contribution in [3.63, 3.8) is 0 Å². The van der Waals surface area contributed by atoms with Gasteiger partial charge in [-0.05, 0) is 50.3 Å². The number of aliphatic imine (C=N–C) groups is 1. The molecule has 2 fully saturated rings. The SMILES string of the molecule is CCNC(=NCc1ccc(F)cc1)N1CCC(C2(C)NC(=O)NC2=O)CC1. The van der Waals surface area contributed by atoms with E-state index in [1.807, 2.05) is 6.92 Å². The maximum atomic E-state index is 13.0. The molecule has 2 aliphatic heterocycles. The van der Waals surface area contributed by atoms with Crippen molar-refractivity contribution in [1.29, 1.82) is 0 Å². The summed E-state index contributed by atoms with van der Waals surface area (Å²) in [5, 5.41) is 8.41. The van der Waals surface area contributed by atoms with Gasteiger partial charge in [0.1, 0.15) is 11.4 Å². The van der Waals surface area contributed by atoms with Gasteiger partial charge in [0.15, 0.2) is 5.96 Å². The molecule has 0 saturated carbocycles. The Labute approximate surface area is 158 Å². The maximum Gasteiger partial charge on any atom is 0.322 e. The van der Waals surface area contributed by atoms with Gasteiger partial charge in [-0.3, -0.25) is 10.1 Å². The zero-order chi connectivity index (χ0) is 19.4. The monoisotopic (exact) mass is 375 g/mol. The first-order valence-corrected chi connectivity index (χ1v) is 9.33. The predicted octanol–water partition coefficient (Wildman–Crippen LogP) is 1.60. The fourth-order valence-corrected chi connectivity index (χ4v) is 3.69. The van der Waals surface area contributed by atoms with Crippen LogP contribution in [0.3, 0.4) is 0 Å². The molecule has 2 heterocycles. The number of carbonyl (C=O) groups excluding carboxylic acids is 2. The number of piperidine rings is 1. The van der Waals surface area contributed by atoms with E-state index in [1.165, 1.54) is 12.1 Å². The summed E-state index contributed by atoms with van der Waals surface area (Å²) in [5.74, 6) is 0.390. The van der Waals surface area contributed by atoms with Gasteiger partial charge in [-0.15, -0.1) is 0 Å². The van der Waals surface area contributed by atoms with E-state index in [0.29, 0.717) is 6.54 Å². The number of nitrogens with one attached hydrogen (secondary N) is 3. The van der Waals surface area contributed by atoms with Crippen LogP contribution < -0.4 is 16.0 Å². The van der Waals surface area contributed by atoms with Crippen molar-refractivity contribution in [2.45, 2.75) is 38.8 Å². The van der Waals surface area contributed by atoms with Crippen molar-refractivity contribution in [1.82, 2.24) is 20.9 Å². The fourth-order valence-electron chi connectivity index (χ4n) is 3.69. The number of hydrogen-bond acceptors (Lipinski definition) is 3. The average Bonchev–Trinajstić information content (AvgIpc) is 2.93. The Morgan fingerprint density at radius 2 is 1.96 bits per heavy atom. The van der Waals surface area contributed by atoms with E-state index in [-0.39, 0.29) is 17.6 Å². The minimum atomic E-state index is -0.841.